The Bertz CT molecular complexity index is 9150. The molecule has 0 fully saturated rings. The van der Waals surface area contributed by atoms with Crippen LogP contribution in [0.25, 0.3) is 222 Å². The number of rotatable bonds is 10. The van der Waals surface area contributed by atoms with Gasteiger partial charge in [0.1, 0.15) is 5.82 Å². The number of imidazole rings is 1. The van der Waals surface area contributed by atoms with Crippen molar-refractivity contribution in [3.63, 3.8) is 0 Å². The van der Waals surface area contributed by atoms with Crippen LogP contribution < -0.4 is 0 Å². The summed E-state index contributed by atoms with van der Waals surface area (Å²) >= 11 is 0. The van der Waals surface area contributed by atoms with Crippen molar-refractivity contribution in [2.75, 3.05) is 0 Å². The molecule has 25 aromatic rings. The molecule has 0 N–H and O–H groups in total. The van der Waals surface area contributed by atoms with Gasteiger partial charge in [-0.05, 0) is 179 Å². The summed E-state index contributed by atoms with van der Waals surface area (Å²) in [5.41, 5.74) is 37.7. The number of benzene rings is 19. The lowest BCUT2D eigenvalue weighted by atomic mass is 9.80. The van der Waals surface area contributed by atoms with Gasteiger partial charge < -0.3 is 4.57 Å². The third-order valence-corrected chi connectivity index (χ3v) is 29.2. The number of nitrogens with zero attached hydrogens (tertiary/aromatic N) is 10. The molecular formula is C127H90N10. The molecule has 648 valence electrons. The van der Waals surface area contributed by atoms with Crippen LogP contribution >= 0.6 is 0 Å². The predicted molar refractivity (Wildman–Crippen MR) is 566 cm³/mol. The van der Waals surface area contributed by atoms with Gasteiger partial charge in [-0.25, -0.2) is 19.9 Å². The second kappa shape index (κ2) is 31.4. The first-order valence-corrected chi connectivity index (χ1v) is 47.2. The average Bonchev–Trinajstić information content (AvgIpc) is 1.71. The first-order valence-electron chi connectivity index (χ1n) is 47.2. The largest absolute Gasteiger partial charge is 0.309 e. The van der Waals surface area contributed by atoms with E-state index in [9.17, 15) is 0 Å². The molecule has 6 aromatic heterocycles. The highest BCUT2D eigenvalue weighted by molar-refractivity contribution is 6.27. The Labute approximate surface area is 793 Å². The molecule has 137 heavy (non-hydrogen) atoms. The predicted octanol–water partition coefficient (Wildman–Crippen LogP) is 31.9. The summed E-state index contributed by atoms with van der Waals surface area (Å²) in [6.45, 7) is 14.1. The number of hydrogen-bond acceptors (Lipinski definition) is 6. The topological polar surface area (TPSA) is 97.1 Å². The monoisotopic (exact) mass is 1750 g/mol. The van der Waals surface area contributed by atoms with E-state index in [1.165, 1.54) is 149 Å². The van der Waals surface area contributed by atoms with E-state index in [1.54, 1.807) is 0 Å². The van der Waals surface area contributed by atoms with Crippen molar-refractivity contribution in [3.05, 3.63) is 470 Å². The van der Waals surface area contributed by atoms with E-state index in [2.05, 4.69) is 460 Å². The normalized spacial score (nSPS) is 13.4. The summed E-state index contributed by atoms with van der Waals surface area (Å²) in [5.74, 6) is 3.55. The molecule has 0 unspecified atom stereocenters. The Hall–Kier alpha value is -17.3. The van der Waals surface area contributed by atoms with Crippen molar-refractivity contribution in [1.29, 1.82) is 0 Å². The van der Waals surface area contributed by atoms with Crippen molar-refractivity contribution < 1.29 is 0 Å². The van der Waals surface area contributed by atoms with Gasteiger partial charge in [-0.3, -0.25) is 13.7 Å². The Kier molecular flexibility index (Phi) is 18.5. The van der Waals surface area contributed by atoms with Crippen LogP contribution in [0.4, 0.5) is 0 Å². The van der Waals surface area contributed by atoms with Gasteiger partial charge in [0.15, 0.2) is 11.6 Å². The van der Waals surface area contributed by atoms with Crippen molar-refractivity contribution in [2.24, 2.45) is 0 Å². The van der Waals surface area contributed by atoms with E-state index in [1.807, 2.05) is 36.4 Å². The van der Waals surface area contributed by atoms with Crippen molar-refractivity contribution in [2.45, 2.75) is 57.8 Å². The van der Waals surface area contributed by atoms with Crippen LogP contribution in [0.15, 0.2) is 437 Å². The molecule has 0 atom stereocenters. The molecule has 0 aliphatic heterocycles. The minimum absolute atomic E-state index is 0.0676. The van der Waals surface area contributed by atoms with Crippen LogP contribution in [-0.2, 0) is 16.2 Å². The van der Waals surface area contributed by atoms with E-state index < -0.39 is 0 Å². The number of fused-ring (bicyclic) bond motifs is 25. The van der Waals surface area contributed by atoms with Gasteiger partial charge in [0.2, 0.25) is 11.9 Å². The molecule has 3 aliphatic rings. The maximum absolute atomic E-state index is 5.33. The van der Waals surface area contributed by atoms with Gasteiger partial charge in [0, 0.05) is 87.6 Å². The Morgan fingerprint density at radius 2 is 0.650 bits per heavy atom. The van der Waals surface area contributed by atoms with Crippen LogP contribution in [0.1, 0.15) is 74.9 Å². The van der Waals surface area contributed by atoms with Crippen LogP contribution in [0, 0.1) is 0 Å². The summed E-state index contributed by atoms with van der Waals surface area (Å²) in [5, 5.41) is 11.0. The van der Waals surface area contributed by atoms with Gasteiger partial charge in [-0.2, -0.15) is 9.97 Å². The highest BCUT2D eigenvalue weighted by Gasteiger charge is 2.43. The molecule has 0 radical (unpaired) electrons. The molecule has 3 aliphatic carbocycles. The lowest BCUT2D eigenvalue weighted by Gasteiger charge is -2.24. The highest BCUT2D eigenvalue weighted by Crippen LogP contribution is 2.59. The first-order chi connectivity index (χ1) is 67.3. The minimum Gasteiger partial charge on any atom is -0.309 e. The second-order valence-electron chi connectivity index (χ2n) is 38.0. The summed E-state index contributed by atoms with van der Waals surface area (Å²) in [4.78, 5) is 31.0. The number of hydrogen-bond donors (Lipinski definition) is 0. The summed E-state index contributed by atoms with van der Waals surface area (Å²) < 4.78 is 9.29. The fourth-order valence-electron chi connectivity index (χ4n) is 22.8. The molecule has 6 heterocycles. The van der Waals surface area contributed by atoms with Crippen molar-refractivity contribution >= 4 is 98.1 Å². The van der Waals surface area contributed by atoms with Crippen molar-refractivity contribution in [3.8, 4) is 124 Å². The van der Waals surface area contributed by atoms with E-state index in [0.717, 1.165) is 83.5 Å². The fraction of sp³-hybridized carbons (Fsp3) is 0.0709. The Morgan fingerprint density at radius 1 is 0.204 bits per heavy atom. The van der Waals surface area contributed by atoms with Gasteiger partial charge in [-0.15, -0.1) is 0 Å². The summed E-state index contributed by atoms with van der Waals surface area (Å²) in [6, 6.07) is 156. The smallest absolute Gasteiger partial charge is 0.238 e. The molecule has 19 aromatic carbocycles. The van der Waals surface area contributed by atoms with Gasteiger partial charge in [0.05, 0.1) is 55.3 Å². The molecule has 0 saturated carbocycles. The highest BCUT2D eigenvalue weighted by atomic mass is 15.2. The molecular weight excluding hydrogens is 1670 g/mol. The third-order valence-electron chi connectivity index (χ3n) is 29.2. The molecule has 10 heteroatoms. The van der Waals surface area contributed by atoms with E-state index in [-0.39, 0.29) is 16.2 Å². The first kappa shape index (κ1) is 80.5. The molecule has 28 rings (SSSR count). The van der Waals surface area contributed by atoms with Crippen LogP contribution in [-0.4, -0.2) is 48.2 Å². The lowest BCUT2D eigenvalue weighted by molar-refractivity contribution is 0.661. The van der Waals surface area contributed by atoms with Crippen molar-refractivity contribution in [1.82, 2.24) is 48.2 Å². The SMILES string of the molecule is CC1(C)c2ccccc2-c2c1c1c(c3ccccc23)c2ccccc2n1-c1nc(-c2ccccc2)nc(-c2ccccc2)n1.CC1(C)c2ccccc2-c2cc3c(cc21)c1ccccc1n3-c1nc(-c2ccc(-c3ccccc3)cc2)c2ccccc2n1.CC1(C)c2ccccc2-c2ccc3c4cc(-c5ccc(-c6nc7ccccc7n6-c6ccccc6)cc5)ccc4n(-c4ccccc4)c3c21. The maximum Gasteiger partial charge on any atom is 0.238 e. The third kappa shape index (κ3) is 12.7. The minimum atomic E-state index is -0.238. The van der Waals surface area contributed by atoms with Crippen LogP contribution in [0.5, 0.6) is 0 Å². The molecule has 0 bridgehead atoms. The van der Waals surface area contributed by atoms with Gasteiger partial charge >= 0.3 is 0 Å². The Balaban J connectivity index is 0.000000107. The fourth-order valence-corrected chi connectivity index (χ4v) is 22.8. The average molecular weight is 1760 g/mol. The standard InChI is InChI=1S/C46H33N3.C41H29N3.C40H28N4/c1-46(2)39-18-10-9-17-35(39)36-26-27-37-38-29-32(25-28-41(38)48(44(37)43(36)46)33-13-5-3-6-14-33)30-21-23-31(24-22-30)45-47-40-19-11-12-20-42(40)49(45)34-15-7-4-8-16-34;1-41(2)34-17-9-6-14-29(34)32-25-38-33(24-35(32)41)30-15-8-11-19-37(30)44(38)40-42-36-18-10-7-16-31(36)39(43-40)28-22-20-27(21-23-28)26-12-4-3-5-13-26;1-40(2)31-23-13-11-21-29(31)33-27-19-9-10-20-28(27)34-30-22-12-14-24-32(30)44(36(34)35(33)40)39-42-37(25-15-5-3-6-16-25)41-38(43-39)26-17-7-4-8-18-26/h3-29H,1-2H3;3-25H,1-2H3;3-24H,1-2H3. The zero-order valence-corrected chi connectivity index (χ0v) is 76.5. The zero-order valence-electron chi connectivity index (χ0n) is 76.5. The number of aromatic nitrogens is 10. The molecule has 10 nitrogen and oxygen atoms in total. The van der Waals surface area contributed by atoms with Crippen LogP contribution in [0.2, 0.25) is 0 Å². The quantitative estimate of drug-likeness (QED) is 0.135. The zero-order chi connectivity index (χ0) is 91.5. The van der Waals surface area contributed by atoms with Gasteiger partial charge in [0.25, 0.3) is 0 Å². The summed E-state index contributed by atoms with van der Waals surface area (Å²) in [7, 11) is 0. The summed E-state index contributed by atoms with van der Waals surface area (Å²) in [6.07, 6.45) is 0. The van der Waals surface area contributed by atoms with Gasteiger partial charge in [-0.1, -0.05) is 399 Å². The lowest BCUT2D eigenvalue weighted by Crippen LogP contribution is -2.17. The van der Waals surface area contributed by atoms with E-state index >= 15 is 0 Å². The number of para-hydroxylation sites is 7. The molecule has 0 spiro atoms. The van der Waals surface area contributed by atoms with E-state index in [0.29, 0.717) is 23.5 Å². The maximum atomic E-state index is 5.33. The second-order valence-corrected chi connectivity index (χ2v) is 38.0. The molecule has 0 saturated heterocycles. The van der Waals surface area contributed by atoms with Crippen LogP contribution in [0.3, 0.4) is 0 Å². The van der Waals surface area contributed by atoms with E-state index in [4.69, 9.17) is 29.9 Å². The Morgan fingerprint density at radius 3 is 1.30 bits per heavy atom. The molecule has 0 amide bonds.